The molecule has 56 heavy (non-hydrogen) atoms. The molecule has 320 valence electrons. The molecule has 4 aliphatic rings. The SMILES string of the molecule is CC.CCCCNCC.C[C@H]1CCNC1.Cc1ccc(NC(=N/C=C2\CCN(c3cccc(N4C(=O)OCC[C@@H]4C)n3)[C@@H]3CC(C)(C)OC[C@]23C)N(C)C)cn1.[HH].[HH].[HH]. The molecule has 0 saturated carbocycles. The second-order valence-corrected chi connectivity index (χ2v) is 16.2. The summed E-state index contributed by atoms with van der Waals surface area (Å²) in [7, 11) is 3.95. The number of aliphatic imine (C=N–C) groups is 1. The van der Waals surface area contributed by atoms with Gasteiger partial charge in [0.1, 0.15) is 11.6 Å². The number of carbonyl (C=O) groups is 1. The molecular weight excluding hydrogens is 703 g/mol. The lowest BCUT2D eigenvalue weighted by atomic mass is 9.67. The number of cyclic esters (lactones) is 1. The van der Waals surface area contributed by atoms with Gasteiger partial charge >= 0.3 is 6.09 Å². The van der Waals surface area contributed by atoms with Gasteiger partial charge < -0.3 is 35.2 Å². The molecule has 0 radical (unpaired) electrons. The summed E-state index contributed by atoms with van der Waals surface area (Å²) in [4.78, 5) is 33.0. The van der Waals surface area contributed by atoms with E-state index >= 15 is 0 Å². The quantitative estimate of drug-likeness (QED) is 0.136. The molecule has 2 aromatic heterocycles. The Hall–Kier alpha value is -3.74. The van der Waals surface area contributed by atoms with Crippen LogP contribution < -0.4 is 25.8 Å². The fraction of sp³-hybridized carbons (Fsp3) is 0.682. The first kappa shape index (κ1) is 46.6. The van der Waals surface area contributed by atoms with Gasteiger partial charge in [0.05, 0.1) is 30.7 Å². The molecule has 6 rings (SSSR count). The lowest BCUT2D eigenvalue weighted by Gasteiger charge is -2.56. The Labute approximate surface area is 343 Å². The zero-order chi connectivity index (χ0) is 41.3. The van der Waals surface area contributed by atoms with Crippen LogP contribution in [0.4, 0.5) is 22.1 Å². The Bertz CT molecular complexity index is 1540. The van der Waals surface area contributed by atoms with Crippen LogP contribution in [0.25, 0.3) is 0 Å². The van der Waals surface area contributed by atoms with Gasteiger partial charge in [0.25, 0.3) is 0 Å². The molecule has 1 amide bonds. The minimum Gasteiger partial charge on any atom is -0.449 e. The fourth-order valence-corrected chi connectivity index (χ4v) is 7.19. The number of nitrogens with one attached hydrogen (secondary N) is 3. The molecule has 4 aliphatic heterocycles. The van der Waals surface area contributed by atoms with E-state index in [0.717, 1.165) is 61.4 Å². The molecule has 12 nitrogen and oxygen atoms in total. The van der Waals surface area contributed by atoms with E-state index in [1.54, 1.807) is 4.90 Å². The summed E-state index contributed by atoms with van der Waals surface area (Å²) < 4.78 is 11.8. The van der Waals surface area contributed by atoms with E-state index in [4.69, 9.17) is 19.5 Å². The fourth-order valence-electron chi connectivity index (χ4n) is 7.19. The van der Waals surface area contributed by atoms with Gasteiger partial charge in [-0.2, -0.15) is 0 Å². The number of nitrogens with zero attached hydrogens (tertiary/aromatic N) is 6. The van der Waals surface area contributed by atoms with Crippen molar-refractivity contribution in [3.8, 4) is 0 Å². The number of guanidine groups is 1. The molecular formula is C44H81N9O3. The predicted octanol–water partition coefficient (Wildman–Crippen LogP) is 8.99. The average Bonchev–Trinajstić information content (AvgIpc) is 3.66. The second-order valence-electron chi connectivity index (χ2n) is 16.2. The van der Waals surface area contributed by atoms with E-state index < -0.39 is 0 Å². The van der Waals surface area contributed by atoms with E-state index in [0.29, 0.717) is 19.0 Å². The Morgan fingerprint density at radius 3 is 2.46 bits per heavy atom. The number of amides is 1. The highest BCUT2D eigenvalue weighted by atomic mass is 16.6. The zero-order valence-electron chi connectivity index (χ0n) is 36.9. The number of hydrogen-bond donors (Lipinski definition) is 3. The first-order valence-electron chi connectivity index (χ1n) is 21.2. The van der Waals surface area contributed by atoms with Crippen LogP contribution in [0.2, 0.25) is 0 Å². The Kier molecular flexibility index (Phi) is 19.0. The Morgan fingerprint density at radius 2 is 1.88 bits per heavy atom. The molecule has 4 saturated heterocycles. The van der Waals surface area contributed by atoms with E-state index in [-0.39, 0.29) is 33.5 Å². The topological polar surface area (TPSA) is 119 Å². The maximum atomic E-state index is 12.6. The summed E-state index contributed by atoms with van der Waals surface area (Å²) in [6.07, 6.45) is 9.94. The standard InChI is InChI=1S/C31H43N7O3.C6H15N.C5H11N.C2H6.3H2/c1-21-11-12-24(19-32-21)34-28(36(6)7)33-18-23-13-15-37(25-17-30(3,4)41-20-31(23,25)5)26-9-8-10-27(35-26)38-22(2)14-16-40-29(38)39;1-3-5-6-7-4-2;1-5-2-3-6-4-5;1-2;;;/h8-12,18-19,22,25H,13-17,20H2,1-7H3,(H,33,34);7H,3-6H2,1-2H3;5-6H,2-4H2,1H3;1-2H3;3*1H/b23-18+;;;;;;/t22-,25+,31+;;5-;;;;/m0.0..../s1. The highest BCUT2D eigenvalue weighted by Gasteiger charge is 2.51. The molecule has 0 bridgehead atoms. The predicted molar refractivity (Wildman–Crippen MR) is 240 cm³/mol. The van der Waals surface area contributed by atoms with Crippen LogP contribution in [-0.4, -0.2) is 105 Å². The number of fused-ring (bicyclic) bond motifs is 1. The lowest BCUT2D eigenvalue weighted by Crippen LogP contribution is -2.61. The summed E-state index contributed by atoms with van der Waals surface area (Å²) in [6.45, 7) is 27.8. The summed E-state index contributed by atoms with van der Waals surface area (Å²) in [6, 6.07) is 10.1. The van der Waals surface area contributed by atoms with Gasteiger partial charge in [0.2, 0.25) is 5.96 Å². The van der Waals surface area contributed by atoms with Crippen LogP contribution >= 0.6 is 0 Å². The number of aryl methyl sites for hydroxylation is 1. The molecule has 0 spiro atoms. The minimum atomic E-state index is -0.334. The van der Waals surface area contributed by atoms with Gasteiger partial charge in [-0.05, 0) is 115 Å². The second kappa shape index (κ2) is 22.9. The van der Waals surface area contributed by atoms with Crippen molar-refractivity contribution in [2.24, 2.45) is 16.3 Å². The van der Waals surface area contributed by atoms with Crippen molar-refractivity contribution in [3.05, 3.63) is 54.0 Å². The molecule has 0 unspecified atom stereocenters. The van der Waals surface area contributed by atoms with Crippen molar-refractivity contribution in [2.45, 2.75) is 125 Å². The van der Waals surface area contributed by atoms with Crippen LogP contribution in [0, 0.1) is 18.3 Å². The number of carbonyl (C=O) groups excluding carboxylic acids is 1. The van der Waals surface area contributed by atoms with E-state index in [2.05, 4.69) is 67.4 Å². The molecule has 0 aliphatic carbocycles. The van der Waals surface area contributed by atoms with Crippen LogP contribution in [0.1, 0.15) is 111 Å². The third-order valence-electron chi connectivity index (χ3n) is 10.8. The molecule has 12 heteroatoms. The van der Waals surface area contributed by atoms with Gasteiger partial charge in [-0.25, -0.2) is 14.8 Å². The first-order chi connectivity index (χ1) is 26.8. The van der Waals surface area contributed by atoms with Crippen LogP contribution in [0.15, 0.2) is 53.3 Å². The number of ether oxygens (including phenoxy) is 2. The number of unbranched alkanes of at least 4 members (excludes halogenated alkanes) is 1. The van der Waals surface area contributed by atoms with Gasteiger partial charge in [0.15, 0.2) is 0 Å². The number of hydrogen-bond acceptors (Lipinski definition) is 9. The highest BCUT2D eigenvalue weighted by molar-refractivity contribution is 5.93. The zero-order valence-corrected chi connectivity index (χ0v) is 36.9. The van der Waals surface area contributed by atoms with Gasteiger partial charge in [0, 0.05) is 60.7 Å². The Morgan fingerprint density at radius 1 is 1.12 bits per heavy atom. The van der Waals surface area contributed by atoms with E-state index in [1.807, 2.05) is 89.4 Å². The summed E-state index contributed by atoms with van der Waals surface area (Å²) in [5.74, 6) is 3.17. The monoisotopic (exact) mass is 784 g/mol. The third-order valence-corrected chi connectivity index (χ3v) is 10.8. The normalized spacial score (nSPS) is 25.0. The number of pyridine rings is 2. The smallest absolute Gasteiger partial charge is 0.415 e. The molecule has 0 aromatic carbocycles. The summed E-state index contributed by atoms with van der Waals surface area (Å²) >= 11 is 0. The molecule has 6 heterocycles. The lowest BCUT2D eigenvalue weighted by molar-refractivity contribution is -0.111. The van der Waals surface area contributed by atoms with Crippen LogP contribution in [0.3, 0.4) is 0 Å². The minimum absolute atomic E-state index is 0. The first-order valence-corrected chi connectivity index (χ1v) is 21.2. The summed E-state index contributed by atoms with van der Waals surface area (Å²) in [5.41, 5.74) is 2.57. The van der Waals surface area contributed by atoms with Crippen LogP contribution in [-0.2, 0) is 9.47 Å². The molecule has 4 atom stereocenters. The average molecular weight is 784 g/mol. The van der Waals surface area contributed by atoms with Gasteiger partial charge in [-0.3, -0.25) is 9.88 Å². The number of piperidine rings is 1. The Balaban J connectivity index is 0.00000159. The third kappa shape index (κ3) is 13.4. The van der Waals surface area contributed by atoms with E-state index in [9.17, 15) is 4.79 Å². The van der Waals surface area contributed by atoms with Crippen molar-refractivity contribution >= 4 is 29.4 Å². The van der Waals surface area contributed by atoms with E-state index in [1.165, 1.54) is 44.5 Å². The highest BCUT2D eigenvalue weighted by Crippen LogP contribution is 2.49. The molecule has 4 fully saturated rings. The van der Waals surface area contributed by atoms with Crippen molar-refractivity contribution in [2.75, 3.05) is 75.1 Å². The molecule has 2 aromatic rings. The summed E-state index contributed by atoms with van der Waals surface area (Å²) in [5, 5.41) is 9.92. The van der Waals surface area contributed by atoms with Crippen molar-refractivity contribution in [1.29, 1.82) is 0 Å². The number of anilines is 3. The van der Waals surface area contributed by atoms with Gasteiger partial charge in [-0.15, -0.1) is 0 Å². The van der Waals surface area contributed by atoms with Crippen LogP contribution in [0.5, 0.6) is 0 Å². The largest absolute Gasteiger partial charge is 0.449 e. The maximum Gasteiger partial charge on any atom is 0.415 e. The molecule has 3 N–H and O–H groups in total. The number of aromatic nitrogens is 2. The van der Waals surface area contributed by atoms with Crippen molar-refractivity contribution in [3.63, 3.8) is 0 Å². The van der Waals surface area contributed by atoms with Crippen molar-refractivity contribution < 1.29 is 18.5 Å². The number of rotatable bonds is 8. The van der Waals surface area contributed by atoms with Crippen molar-refractivity contribution in [1.82, 2.24) is 25.5 Å². The maximum absolute atomic E-state index is 12.6. The van der Waals surface area contributed by atoms with Gasteiger partial charge in [-0.1, -0.05) is 54.0 Å².